The van der Waals surface area contributed by atoms with E-state index in [-0.39, 0.29) is 0 Å². The maximum Gasteiger partial charge on any atom is 0.247 e. The lowest BCUT2D eigenvalue weighted by atomic mass is 10.2. The van der Waals surface area contributed by atoms with Gasteiger partial charge in [0.1, 0.15) is 0 Å². The number of hydrogen-bond acceptors (Lipinski definition) is 5. The quantitative estimate of drug-likeness (QED) is 0.851. The van der Waals surface area contributed by atoms with E-state index in [1.54, 1.807) is 4.68 Å². The minimum Gasteiger partial charge on any atom is -0.350 e. The number of rotatable bonds is 6. The molecule has 1 atom stereocenters. The molecule has 0 spiro atoms. The smallest absolute Gasteiger partial charge is 0.247 e. The van der Waals surface area contributed by atoms with Crippen molar-refractivity contribution < 1.29 is 0 Å². The van der Waals surface area contributed by atoms with Crippen LogP contribution in [0.1, 0.15) is 13.3 Å². The number of aromatic nitrogens is 4. The van der Waals surface area contributed by atoms with Crippen molar-refractivity contribution in [2.24, 2.45) is 0 Å². The minimum atomic E-state index is 0.316. The third kappa shape index (κ3) is 3.75. The van der Waals surface area contributed by atoms with Crippen LogP contribution in [0.2, 0.25) is 0 Å². The van der Waals surface area contributed by atoms with E-state index >= 15 is 0 Å². The number of anilines is 1. The zero-order valence-corrected chi connectivity index (χ0v) is 11.6. The second kappa shape index (κ2) is 6.29. The highest BCUT2D eigenvalue weighted by Gasteiger charge is 2.10. The Morgan fingerprint density at radius 2 is 2.00 bits per heavy atom. The van der Waals surface area contributed by atoms with Crippen molar-refractivity contribution in [2.45, 2.75) is 19.4 Å². The molecule has 1 N–H and O–H groups in total. The van der Waals surface area contributed by atoms with E-state index < -0.39 is 0 Å². The fraction of sp³-hybridized carbons (Fsp3) is 0.462. The van der Waals surface area contributed by atoms with Crippen LogP contribution in [-0.4, -0.2) is 51.8 Å². The third-order valence-corrected chi connectivity index (χ3v) is 2.86. The molecule has 2 aromatic rings. The highest BCUT2D eigenvalue weighted by Crippen LogP contribution is 2.12. The molecule has 0 saturated heterocycles. The number of nitrogens with zero attached hydrogens (tertiary/aromatic N) is 5. The summed E-state index contributed by atoms with van der Waals surface area (Å²) in [6, 6.07) is 10.2. The molecule has 1 aromatic carbocycles. The summed E-state index contributed by atoms with van der Waals surface area (Å²) < 4.78 is 1.71. The van der Waals surface area contributed by atoms with E-state index in [0.717, 1.165) is 18.7 Å². The molecule has 1 heterocycles. The molecule has 0 aliphatic heterocycles. The van der Waals surface area contributed by atoms with Crippen molar-refractivity contribution in [3.05, 3.63) is 30.3 Å². The molecule has 0 amide bonds. The summed E-state index contributed by atoms with van der Waals surface area (Å²) in [7, 11) is 4.14. The van der Waals surface area contributed by atoms with Crippen LogP contribution < -0.4 is 5.32 Å². The fourth-order valence-corrected chi connectivity index (χ4v) is 1.76. The van der Waals surface area contributed by atoms with E-state index in [9.17, 15) is 0 Å². The molecule has 0 bridgehead atoms. The lowest BCUT2D eigenvalue weighted by Crippen LogP contribution is -2.24. The van der Waals surface area contributed by atoms with Gasteiger partial charge in [0, 0.05) is 6.04 Å². The maximum atomic E-state index is 4.04. The van der Waals surface area contributed by atoms with Crippen molar-refractivity contribution in [3.8, 4) is 5.69 Å². The monoisotopic (exact) mass is 260 g/mol. The molecule has 0 radical (unpaired) electrons. The van der Waals surface area contributed by atoms with Gasteiger partial charge in [0.2, 0.25) is 5.95 Å². The summed E-state index contributed by atoms with van der Waals surface area (Å²) in [5.74, 6) is 0.678. The van der Waals surface area contributed by atoms with Gasteiger partial charge < -0.3 is 10.2 Å². The molecule has 0 fully saturated rings. The number of tetrazole rings is 1. The van der Waals surface area contributed by atoms with Gasteiger partial charge in [-0.3, -0.25) is 0 Å². The largest absolute Gasteiger partial charge is 0.350 e. The average molecular weight is 260 g/mol. The molecule has 1 aromatic heterocycles. The molecule has 102 valence electrons. The van der Waals surface area contributed by atoms with Gasteiger partial charge in [0.25, 0.3) is 0 Å². The van der Waals surface area contributed by atoms with Gasteiger partial charge in [-0.25, -0.2) is 0 Å². The molecular weight excluding hydrogens is 240 g/mol. The predicted octanol–water partition coefficient (Wildman–Crippen LogP) is 1.41. The van der Waals surface area contributed by atoms with Gasteiger partial charge in [0.15, 0.2) is 0 Å². The third-order valence-electron chi connectivity index (χ3n) is 2.86. The second-order valence-electron chi connectivity index (χ2n) is 4.89. The van der Waals surface area contributed by atoms with Crippen molar-refractivity contribution in [3.63, 3.8) is 0 Å². The van der Waals surface area contributed by atoms with Gasteiger partial charge >= 0.3 is 0 Å². The highest BCUT2D eigenvalue weighted by molar-refractivity contribution is 5.38. The van der Waals surface area contributed by atoms with E-state index in [2.05, 4.69) is 46.8 Å². The Bertz CT molecular complexity index is 493. The van der Waals surface area contributed by atoms with Gasteiger partial charge in [-0.05, 0) is 56.5 Å². The Kier molecular flexibility index (Phi) is 4.46. The SMILES string of the molecule is CC(CCN(C)C)Nc1nnnn1-c1ccccc1. The van der Waals surface area contributed by atoms with Gasteiger partial charge in [0.05, 0.1) is 5.69 Å². The van der Waals surface area contributed by atoms with Crippen LogP contribution in [0.4, 0.5) is 5.95 Å². The standard InChI is InChI=1S/C13H20N6/c1-11(9-10-18(2)3)14-13-15-16-17-19(13)12-7-5-4-6-8-12/h4-8,11H,9-10H2,1-3H3,(H,14,15,17). The first kappa shape index (κ1) is 13.5. The Morgan fingerprint density at radius 1 is 1.26 bits per heavy atom. The molecular formula is C13H20N6. The molecule has 2 rings (SSSR count). The van der Waals surface area contributed by atoms with Crippen LogP contribution in [0, 0.1) is 0 Å². The van der Waals surface area contributed by atoms with Crippen LogP contribution in [0.3, 0.4) is 0 Å². The lowest BCUT2D eigenvalue weighted by Gasteiger charge is -2.16. The molecule has 0 saturated carbocycles. The first-order valence-electron chi connectivity index (χ1n) is 6.42. The zero-order valence-electron chi connectivity index (χ0n) is 11.6. The Hall–Kier alpha value is -1.95. The van der Waals surface area contributed by atoms with E-state index in [4.69, 9.17) is 0 Å². The van der Waals surface area contributed by atoms with Gasteiger partial charge in [-0.2, -0.15) is 4.68 Å². The Labute approximate surface area is 113 Å². The van der Waals surface area contributed by atoms with Crippen molar-refractivity contribution >= 4 is 5.95 Å². The molecule has 1 unspecified atom stereocenters. The van der Waals surface area contributed by atoms with Crippen LogP contribution in [-0.2, 0) is 0 Å². The Morgan fingerprint density at radius 3 is 2.68 bits per heavy atom. The molecule has 0 aliphatic carbocycles. The normalized spacial score (nSPS) is 12.6. The number of nitrogens with one attached hydrogen (secondary N) is 1. The van der Waals surface area contributed by atoms with Crippen molar-refractivity contribution in [1.29, 1.82) is 0 Å². The van der Waals surface area contributed by atoms with Crippen molar-refractivity contribution in [1.82, 2.24) is 25.1 Å². The summed E-state index contributed by atoms with van der Waals surface area (Å²) in [6.07, 6.45) is 1.04. The van der Waals surface area contributed by atoms with Crippen molar-refractivity contribution in [2.75, 3.05) is 26.0 Å². The Balaban J connectivity index is 2.04. The number of benzene rings is 1. The summed E-state index contributed by atoms with van der Waals surface area (Å²) in [4.78, 5) is 2.17. The van der Waals surface area contributed by atoms with Gasteiger partial charge in [-0.15, -0.1) is 0 Å². The molecule has 19 heavy (non-hydrogen) atoms. The van der Waals surface area contributed by atoms with E-state index in [0.29, 0.717) is 12.0 Å². The summed E-state index contributed by atoms with van der Waals surface area (Å²) >= 11 is 0. The first-order valence-corrected chi connectivity index (χ1v) is 6.42. The molecule has 0 aliphatic rings. The first-order chi connectivity index (χ1) is 9.16. The van der Waals surface area contributed by atoms with Crippen LogP contribution in [0.15, 0.2) is 30.3 Å². The summed E-state index contributed by atoms with van der Waals surface area (Å²) in [5.41, 5.74) is 0.954. The van der Waals surface area contributed by atoms with E-state index in [1.807, 2.05) is 30.3 Å². The second-order valence-corrected chi connectivity index (χ2v) is 4.89. The highest BCUT2D eigenvalue weighted by atomic mass is 15.6. The lowest BCUT2D eigenvalue weighted by molar-refractivity contribution is 0.390. The van der Waals surface area contributed by atoms with Gasteiger partial charge in [-0.1, -0.05) is 23.3 Å². The summed E-state index contributed by atoms with van der Waals surface area (Å²) in [5, 5.41) is 15.1. The minimum absolute atomic E-state index is 0.316. The van der Waals surface area contributed by atoms with Crippen LogP contribution in [0.5, 0.6) is 0 Å². The molecule has 6 heteroatoms. The predicted molar refractivity (Wildman–Crippen MR) is 75.4 cm³/mol. The van der Waals surface area contributed by atoms with Crippen LogP contribution in [0.25, 0.3) is 5.69 Å². The fourth-order valence-electron chi connectivity index (χ4n) is 1.76. The zero-order chi connectivity index (χ0) is 13.7. The average Bonchev–Trinajstić information content (AvgIpc) is 2.85. The number of para-hydroxylation sites is 1. The molecule has 6 nitrogen and oxygen atoms in total. The van der Waals surface area contributed by atoms with Crippen LogP contribution >= 0.6 is 0 Å². The number of hydrogen-bond donors (Lipinski definition) is 1. The topological polar surface area (TPSA) is 58.9 Å². The maximum absolute atomic E-state index is 4.04. The van der Waals surface area contributed by atoms with E-state index in [1.165, 1.54) is 0 Å². The summed E-state index contributed by atoms with van der Waals surface area (Å²) in [6.45, 7) is 3.16.